The average molecular weight is 755 g/mol. The molecule has 0 rings (SSSR count). The van der Waals surface area contributed by atoms with Gasteiger partial charge < -0.3 is 33.2 Å². The van der Waals surface area contributed by atoms with E-state index in [1.807, 2.05) is 0 Å². The Morgan fingerprint density at radius 2 is 0.578 bits per heavy atom. The van der Waals surface area contributed by atoms with Crippen molar-refractivity contribution in [3.05, 3.63) is 0 Å². The molecule has 0 heterocycles. The maximum absolute atomic E-state index is 12.6. The van der Waals surface area contributed by atoms with Gasteiger partial charge in [0.2, 0.25) is 11.2 Å². The lowest BCUT2D eigenvalue weighted by atomic mass is 10.1. The predicted octanol–water partition coefficient (Wildman–Crippen LogP) is 1.66. The second-order valence-corrected chi connectivity index (χ2v) is 12.0. The number of hydrogen-bond acceptors (Lipinski definition) is 19. The summed E-state index contributed by atoms with van der Waals surface area (Å²) >= 11 is 24.1. The quantitative estimate of drug-likeness (QED) is 0.0430. The van der Waals surface area contributed by atoms with E-state index in [9.17, 15) is 28.8 Å². The molecule has 0 N–H and O–H groups in total. The van der Waals surface area contributed by atoms with Crippen LogP contribution in [0.15, 0.2) is 0 Å². The Hall–Kier alpha value is -1.12. The molecular weight excluding hydrogens is 713 g/mol. The van der Waals surface area contributed by atoms with Gasteiger partial charge in [-0.25, -0.2) is 0 Å². The SMILES string of the molecule is O=C(CCS)OCC(COCC(COC(=O)CCS)(COC(=O)CCS)OC(=O)CCS)(COC(=O)CCS)OC(=O)CCS. The van der Waals surface area contributed by atoms with Gasteiger partial charge in [0.15, 0.2) is 0 Å². The standard InChI is InChI=1S/C26H42O13S6/c27-19(1-7-40)34-15-25(38-23(31)5-11-44,16-35-20(28)2-8-41)13-33-14-26(39-24(32)6-12-45,17-36-21(29)3-9-42)18-37-22(30)4-10-43/h40-45H,1-18H2. The van der Waals surface area contributed by atoms with Crippen LogP contribution in [0, 0.1) is 0 Å². The van der Waals surface area contributed by atoms with E-state index < -0.39 is 86.7 Å². The summed E-state index contributed by atoms with van der Waals surface area (Å²) in [4.78, 5) is 74.1. The Morgan fingerprint density at radius 3 is 0.800 bits per heavy atom. The number of ether oxygens (including phenoxy) is 7. The van der Waals surface area contributed by atoms with E-state index in [4.69, 9.17) is 33.2 Å². The summed E-state index contributed by atoms with van der Waals surface area (Å²) in [6, 6.07) is 0. The highest BCUT2D eigenvalue weighted by molar-refractivity contribution is 7.81. The zero-order valence-corrected chi connectivity index (χ0v) is 30.1. The van der Waals surface area contributed by atoms with Crippen molar-refractivity contribution in [2.75, 3.05) is 74.2 Å². The second-order valence-electron chi connectivity index (χ2n) is 9.29. The van der Waals surface area contributed by atoms with Gasteiger partial charge in [-0.1, -0.05) is 0 Å². The van der Waals surface area contributed by atoms with E-state index in [0.717, 1.165) is 0 Å². The molecule has 0 aromatic rings. The highest BCUT2D eigenvalue weighted by Gasteiger charge is 2.43. The minimum atomic E-state index is -1.87. The van der Waals surface area contributed by atoms with Crippen LogP contribution < -0.4 is 0 Å². The van der Waals surface area contributed by atoms with Crippen LogP contribution in [0.25, 0.3) is 0 Å². The molecule has 0 saturated heterocycles. The van der Waals surface area contributed by atoms with Crippen LogP contribution in [0.3, 0.4) is 0 Å². The third-order valence-electron chi connectivity index (χ3n) is 5.27. The molecule has 45 heavy (non-hydrogen) atoms. The van der Waals surface area contributed by atoms with Crippen molar-refractivity contribution < 1.29 is 61.9 Å². The lowest BCUT2D eigenvalue weighted by molar-refractivity contribution is -0.209. The van der Waals surface area contributed by atoms with Gasteiger partial charge in [-0.3, -0.25) is 28.8 Å². The van der Waals surface area contributed by atoms with Crippen molar-refractivity contribution in [1.29, 1.82) is 0 Å². The highest BCUT2D eigenvalue weighted by Crippen LogP contribution is 2.22. The number of carbonyl (C=O) groups is 6. The monoisotopic (exact) mass is 754 g/mol. The summed E-state index contributed by atoms with van der Waals surface area (Å²) in [7, 11) is 0. The van der Waals surface area contributed by atoms with E-state index in [1.165, 1.54) is 0 Å². The van der Waals surface area contributed by atoms with Gasteiger partial charge in [0.05, 0.1) is 51.7 Å². The van der Waals surface area contributed by atoms with Gasteiger partial charge >= 0.3 is 35.8 Å². The lowest BCUT2D eigenvalue weighted by Crippen LogP contribution is -2.53. The average Bonchev–Trinajstić information content (AvgIpc) is 2.98. The van der Waals surface area contributed by atoms with Crippen LogP contribution in [0.5, 0.6) is 0 Å². The van der Waals surface area contributed by atoms with Gasteiger partial charge in [0, 0.05) is 34.5 Å². The van der Waals surface area contributed by atoms with Crippen molar-refractivity contribution in [2.45, 2.75) is 49.7 Å². The van der Waals surface area contributed by atoms with Gasteiger partial charge in [-0.05, 0) is 0 Å². The van der Waals surface area contributed by atoms with Crippen molar-refractivity contribution in [3.8, 4) is 0 Å². The molecule has 19 heteroatoms. The van der Waals surface area contributed by atoms with E-state index in [2.05, 4.69) is 75.8 Å². The van der Waals surface area contributed by atoms with Crippen LogP contribution in [-0.2, 0) is 61.9 Å². The fourth-order valence-electron chi connectivity index (χ4n) is 3.12. The minimum absolute atomic E-state index is 0.0659. The van der Waals surface area contributed by atoms with Crippen molar-refractivity contribution in [1.82, 2.24) is 0 Å². The maximum Gasteiger partial charge on any atom is 0.307 e. The van der Waals surface area contributed by atoms with E-state index in [-0.39, 0.29) is 73.0 Å². The lowest BCUT2D eigenvalue weighted by Gasteiger charge is -2.35. The Balaban J connectivity index is 6.43. The van der Waals surface area contributed by atoms with Crippen LogP contribution in [-0.4, -0.2) is 121 Å². The number of hydrogen-bond donors (Lipinski definition) is 6. The van der Waals surface area contributed by atoms with Crippen LogP contribution >= 0.6 is 75.8 Å². The fourth-order valence-corrected chi connectivity index (χ4v) is 4.21. The number of thiol groups is 6. The molecule has 0 unspecified atom stereocenters. The first kappa shape index (κ1) is 43.9. The maximum atomic E-state index is 12.6. The van der Waals surface area contributed by atoms with Crippen molar-refractivity contribution >= 4 is 112 Å². The Kier molecular flexibility index (Phi) is 25.3. The predicted molar refractivity (Wildman–Crippen MR) is 183 cm³/mol. The summed E-state index contributed by atoms with van der Waals surface area (Å²) in [5.74, 6) is -3.29. The largest absolute Gasteiger partial charge is 0.461 e. The molecule has 0 radical (unpaired) electrons. The first-order valence-electron chi connectivity index (χ1n) is 13.7. The molecule has 0 amide bonds. The molecule has 0 aliphatic rings. The Labute approximate surface area is 296 Å². The first-order valence-corrected chi connectivity index (χ1v) is 17.5. The second kappa shape index (κ2) is 25.9. The summed E-state index contributed by atoms with van der Waals surface area (Å²) in [5, 5.41) is 0. The zero-order valence-electron chi connectivity index (χ0n) is 24.7. The Bertz CT molecular complexity index is 821. The topological polar surface area (TPSA) is 167 Å². The van der Waals surface area contributed by atoms with Crippen LogP contribution in [0.4, 0.5) is 0 Å². The molecular formula is C26H42O13S6. The number of esters is 6. The molecule has 0 atom stereocenters. The third-order valence-corrected chi connectivity index (χ3v) is 6.61. The Morgan fingerprint density at radius 1 is 0.356 bits per heavy atom. The minimum Gasteiger partial charge on any atom is -0.461 e. The molecule has 13 nitrogen and oxygen atoms in total. The van der Waals surface area contributed by atoms with E-state index in [1.54, 1.807) is 0 Å². The summed E-state index contributed by atoms with van der Waals surface area (Å²) in [5.41, 5.74) is -3.74. The molecule has 0 saturated carbocycles. The summed E-state index contributed by atoms with van der Waals surface area (Å²) in [6.07, 6.45) is -0.554. The summed E-state index contributed by atoms with van der Waals surface area (Å²) in [6.45, 7) is -3.51. The molecule has 0 bridgehead atoms. The van der Waals surface area contributed by atoms with Crippen LogP contribution in [0.2, 0.25) is 0 Å². The molecule has 260 valence electrons. The molecule has 0 spiro atoms. The van der Waals surface area contributed by atoms with E-state index in [0.29, 0.717) is 0 Å². The van der Waals surface area contributed by atoms with Crippen molar-refractivity contribution in [3.63, 3.8) is 0 Å². The van der Waals surface area contributed by atoms with Gasteiger partial charge in [-0.2, -0.15) is 75.8 Å². The zero-order chi connectivity index (χ0) is 34.1. The number of rotatable bonds is 26. The molecule has 0 aromatic heterocycles. The summed E-state index contributed by atoms with van der Waals surface area (Å²) < 4.78 is 38.3. The number of carbonyl (C=O) groups excluding carboxylic acids is 6. The normalized spacial score (nSPS) is 11.3. The fraction of sp³-hybridized carbons (Fsp3) is 0.769. The van der Waals surface area contributed by atoms with Crippen LogP contribution in [0.1, 0.15) is 38.5 Å². The molecule has 0 aliphatic carbocycles. The van der Waals surface area contributed by atoms with Gasteiger partial charge in [0.25, 0.3) is 0 Å². The van der Waals surface area contributed by atoms with Gasteiger partial charge in [0.1, 0.15) is 26.4 Å². The molecule has 0 aromatic carbocycles. The van der Waals surface area contributed by atoms with Gasteiger partial charge in [-0.15, -0.1) is 0 Å². The molecule has 0 aliphatic heterocycles. The van der Waals surface area contributed by atoms with E-state index >= 15 is 0 Å². The van der Waals surface area contributed by atoms with Crippen molar-refractivity contribution in [2.24, 2.45) is 0 Å². The smallest absolute Gasteiger partial charge is 0.307 e. The molecule has 0 fully saturated rings. The highest BCUT2D eigenvalue weighted by atomic mass is 32.1. The third kappa shape index (κ3) is 20.7. The first-order chi connectivity index (χ1) is 21.4.